The lowest BCUT2D eigenvalue weighted by Gasteiger charge is -2.40. The molecular formula is C19H32N2. The first-order valence-corrected chi connectivity index (χ1v) is 8.39. The van der Waals surface area contributed by atoms with Crippen LogP contribution >= 0.6 is 0 Å². The van der Waals surface area contributed by atoms with Gasteiger partial charge in [0.1, 0.15) is 0 Å². The molecule has 2 unspecified atom stereocenters. The van der Waals surface area contributed by atoms with E-state index in [9.17, 15) is 0 Å². The average Bonchev–Trinajstić information content (AvgIpc) is 2.42. The van der Waals surface area contributed by atoms with Gasteiger partial charge >= 0.3 is 0 Å². The number of nitrogens with zero attached hydrogens (tertiary/aromatic N) is 1. The van der Waals surface area contributed by atoms with Gasteiger partial charge in [-0.25, -0.2) is 0 Å². The highest BCUT2D eigenvalue weighted by Crippen LogP contribution is 2.31. The van der Waals surface area contributed by atoms with Crippen LogP contribution in [-0.2, 0) is 6.42 Å². The van der Waals surface area contributed by atoms with Gasteiger partial charge in [-0.2, -0.15) is 0 Å². The van der Waals surface area contributed by atoms with Crippen LogP contribution in [0, 0.1) is 12.8 Å². The average molecular weight is 288 g/mol. The van der Waals surface area contributed by atoms with Gasteiger partial charge < -0.3 is 10.2 Å². The Morgan fingerprint density at radius 2 is 1.95 bits per heavy atom. The molecule has 21 heavy (non-hydrogen) atoms. The number of nitrogens with one attached hydrogen (secondary N) is 1. The fourth-order valence-electron chi connectivity index (χ4n) is 3.12. The van der Waals surface area contributed by atoms with Gasteiger partial charge in [-0.05, 0) is 65.0 Å². The Hall–Kier alpha value is -1.02. The standard InChI is InChI=1S/C19H32N2/c1-14-9-10-18-17(12-14)8-7-11-21(18)16(3)15(2)13-20-19(4,5)6/h9-10,12,15-16,20H,7-8,11,13H2,1-6H3. The predicted octanol–water partition coefficient (Wildman–Crippen LogP) is 4.16. The highest BCUT2D eigenvalue weighted by Gasteiger charge is 2.25. The Morgan fingerprint density at radius 3 is 2.62 bits per heavy atom. The maximum atomic E-state index is 3.65. The van der Waals surface area contributed by atoms with E-state index < -0.39 is 0 Å². The van der Waals surface area contributed by atoms with Crippen LogP contribution in [0.2, 0.25) is 0 Å². The highest BCUT2D eigenvalue weighted by molar-refractivity contribution is 5.57. The van der Waals surface area contributed by atoms with E-state index in [0.717, 1.165) is 6.54 Å². The van der Waals surface area contributed by atoms with Gasteiger partial charge in [-0.3, -0.25) is 0 Å². The summed E-state index contributed by atoms with van der Waals surface area (Å²) < 4.78 is 0. The SMILES string of the molecule is Cc1ccc2c(c1)CCCN2C(C)C(C)CNC(C)(C)C. The molecule has 0 saturated heterocycles. The second-order valence-electron chi connectivity index (χ2n) is 7.78. The van der Waals surface area contributed by atoms with Crippen molar-refractivity contribution in [2.75, 3.05) is 18.0 Å². The van der Waals surface area contributed by atoms with E-state index in [1.54, 1.807) is 0 Å². The van der Waals surface area contributed by atoms with Crippen LogP contribution in [0.4, 0.5) is 5.69 Å². The van der Waals surface area contributed by atoms with Crippen LogP contribution in [-0.4, -0.2) is 24.7 Å². The molecule has 0 fully saturated rings. The van der Waals surface area contributed by atoms with Crippen molar-refractivity contribution in [1.29, 1.82) is 0 Å². The van der Waals surface area contributed by atoms with Crippen LogP contribution in [0.1, 0.15) is 52.2 Å². The summed E-state index contributed by atoms with van der Waals surface area (Å²) in [5.41, 5.74) is 4.57. The maximum absolute atomic E-state index is 3.65. The molecule has 1 N–H and O–H groups in total. The topological polar surface area (TPSA) is 15.3 Å². The Bertz CT molecular complexity index is 473. The quantitative estimate of drug-likeness (QED) is 0.895. The van der Waals surface area contributed by atoms with Gasteiger partial charge in [0.25, 0.3) is 0 Å². The summed E-state index contributed by atoms with van der Waals surface area (Å²) in [6.07, 6.45) is 2.51. The first-order chi connectivity index (χ1) is 9.78. The molecule has 1 aliphatic heterocycles. The molecule has 118 valence electrons. The molecule has 1 heterocycles. The van der Waals surface area contributed by atoms with Crippen molar-refractivity contribution in [3.8, 4) is 0 Å². The molecule has 2 atom stereocenters. The van der Waals surface area contributed by atoms with E-state index in [1.807, 2.05) is 0 Å². The van der Waals surface area contributed by atoms with Gasteiger partial charge in [0.2, 0.25) is 0 Å². The smallest absolute Gasteiger partial charge is 0.0401 e. The van der Waals surface area contributed by atoms with Crippen molar-refractivity contribution in [3.05, 3.63) is 29.3 Å². The van der Waals surface area contributed by atoms with Gasteiger partial charge in [0, 0.05) is 30.4 Å². The summed E-state index contributed by atoms with van der Waals surface area (Å²) in [4.78, 5) is 2.62. The normalized spacial score (nSPS) is 18.3. The Kier molecular flexibility index (Phi) is 4.98. The summed E-state index contributed by atoms with van der Waals surface area (Å²) in [6, 6.07) is 7.51. The third-order valence-corrected chi connectivity index (χ3v) is 4.66. The summed E-state index contributed by atoms with van der Waals surface area (Å²) in [5, 5.41) is 3.65. The van der Waals surface area contributed by atoms with Gasteiger partial charge in [0.05, 0.1) is 0 Å². The fourth-order valence-corrected chi connectivity index (χ4v) is 3.12. The van der Waals surface area contributed by atoms with Crippen molar-refractivity contribution in [3.63, 3.8) is 0 Å². The minimum absolute atomic E-state index is 0.199. The first-order valence-electron chi connectivity index (χ1n) is 8.39. The van der Waals surface area contributed by atoms with E-state index in [2.05, 4.69) is 70.0 Å². The molecule has 0 spiro atoms. The molecular weight excluding hydrogens is 256 g/mol. The highest BCUT2D eigenvalue weighted by atomic mass is 15.2. The van der Waals surface area contributed by atoms with Crippen LogP contribution in [0.25, 0.3) is 0 Å². The van der Waals surface area contributed by atoms with Crippen LogP contribution in [0.3, 0.4) is 0 Å². The molecule has 0 saturated carbocycles. The zero-order valence-corrected chi connectivity index (χ0v) is 14.7. The van der Waals surface area contributed by atoms with E-state index in [-0.39, 0.29) is 5.54 Å². The lowest BCUT2D eigenvalue weighted by Crippen LogP contribution is -2.47. The number of benzene rings is 1. The molecule has 0 radical (unpaired) electrons. The van der Waals surface area contributed by atoms with Gasteiger partial charge in [-0.15, -0.1) is 0 Å². The van der Waals surface area contributed by atoms with Gasteiger partial charge in [-0.1, -0.05) is 24.6 Å². The molecule has 1 aromatic carbocycles. The van der Waals surface area contributed by atoms with Crippen molar-refractivity contribution in [1.82, 2.24) is 5.32 Å². The number of fused-ring (bicyclic) bond motifs is 1. The zero-order chi connectivity index (χ0) is 15.6. The number of hydrogen-bond acceptors (Lipinski definition) is 2. The minimum Gasteiger partial charge on any atom is -0.368 e. The molecule has 0 aliphatic carbocycles. The van der Waals surface area contributed by atoms with E-state index in [4.69, 9.17) is 0 Å². The molecule has 2 rings (SSSR count). The minimum atomic E-state index is 0.199. The molecule has 0 bridgehead atoms. The zero-order valence-electron chi connectivity index (χ0n) is 14.7. The summed E-state index contributed by atoms with van der Waals surface area (Å²) in [6.45, 7) is 15.9. The Balaban J connectivity index is 2.08. The maximum Gasteiger partial charge on any atom is 0.0401 e. The first kappa shape index (κ1) is 16.4. The van der Waals surface area contributed by atoms with Crippen molar-refractivity contribution in [2.45, 2.75) is 66.0 Å². The second kappa shape index (κ2) is 6.39. The molecule has 1 aliphatic rings. The monoisotopic (exact) mass is 288 g/mol. The molecule has 0 aromatic heterocycles. The van der Waals surface area contributed by atoms with Crippen LogP contribution < -0.4 is 10.2 Å². The summed E-state index contributed by atoms with van der Waals surface area (Å²) >= 11 is 0. The fraction of sp³-hybridized carbons (Fsp3) is 0.684. The van der Waals surface area contributed by atoms with Crippen LogP contribution in [0.5, 0.6) is 0 Å². The largest absolute Gasteiger partial charge is 0.368 e. The summed E-state index contributed by atoms with van der Waals surface area (Å²) in [7, 11) is 0. The number of rotatable bonds is 4. The second-order valence-corrected chi connectivity index (χ2v) is 7.78. The van der Waals surface area contributed by atoms with Crippen molar-refractivity contribution >= 4 is 5.69 Å². The molecule has 2 nitrogen and oxygen atoms in total. The lowest BCUT2D eigenvalue weighted by atomic mass is 9.94. The van der Waals surface area contributed by atoms with Crippen LogP contribution in [0.15, 0.2) is 18.2 Å². The number of hydrogen-bond donors (Lipinski definition) is 1. The molecule has 2 heteroatoms. The Morgan fingerprint density at radius 1 is 1.24 bits per heavy atom. The predicted molar refractivity (Wildman–Crippen MR) is 93.2 cm³/mol. The molecule has 1 aromatic rings. The van der Waals surface area contributed by atoms with E-state index in [0.29, 0.717) is 12.0 Å². The van der Waals surface area contributed by atoms with Gasteiger partial charge in [0.15, 0.2) is 0 Å². The molecule has 0 amide bonds. The Labute approximate surface area is 130 Å². The third-order valence-electron chi connectivity index (χ3n) is 4.66. The summed E-state index contributed by atoms with van der Waals surface area (Å²) in [5.74, 6) is 0.636. The van der Waals surface area contributed by atoms with Crippen molar-refractivity contribution in [2.24, 2.45) is 5.92 Å². The third kappa shape index (κ3) is 4.23. The number of anilines is 1. The number of aryl methyl sites for hydroxylation is 2. The van der Waals surface area contributed by atoms with Crippen molar-refractivity contribution < 1.29 is 0 Å². The van der Waals surface area contributed by atoms with E-state index in [1.165, 1.54) is 36.2 Å². The lowest BCUT2D eigenvalue weighted by molar-refractivity contribution is 0.348. The van der Waals surface area contributed by atoms with E-state index >= 15 is 0 Å².